The minimum atomic E-state index is -0.0626. The molecule has 6 heteroatoms. The second-order valence-corrected chi connectivity index (χ2v) is 5.91. The van der Waals surface area contributed by atoms with Crippen LogP contribution in [0.4, 0.5) is 5.69 Å². The van der Waals surface area contributed by atoms with Gasteiger partial charge in [-0.3, -0.25) is 4.79 Å². The van der Waals surface area contributed by atoms with Gasteiger partial charge in [0, 0.05) is 38.3 Å². The topological polar surface area (TPSA) is 74.0 Å². The van der Waals surface area contributed by atoms with Gasteiger partial charge in [-0.1, -0.05) is 0 Å². The molecule has 0 saturated carbocycles. The fraction of sp³-hybridized carbons (Fsp3) is 0.438. The van der Waals surface area contributed by atoms with Crippen LogP contribution < -0.4 is 15.8 Å². The van der Waals surface area contributed by atoms with Crippen molar-refractivity contribution >= 4 is 16.7 Å². The van der Waals surface area contributed by atoms with Crippen LogP contribution in [0.2, 0.25) is 0 Å². The lowest BCUT2D eigenvalue weighted by Gasteiger charge is -2.39. The first-order chi connectivity index (χ1) is 10.5. The van der Waals surface area contributed by atoms with Crippen LogP contribution in [-0.2, 0) is 7.05 Å². The van der Waals surface area contributed by atoms with E-state index >= 15 is 0 Å². The highest BCUT2D eigenvalue weighted by atomic mass is 16.1. The molecule has 0 spiro atoms. The Balaban J connectivity index is 2.26. The maximum Gasteiger partial charge on any atom is 0.252 e. The predicted octanol–water partition coefficient (Wildman–Crippen LogP) is 0.992. The van der Waals surface area contributed by atoms with E-state index < -0.39 is 0 Å². The van der Waals surface area contributed by atoms with Gasteiger partial charge in [-0.2, -0.15) is 5.26 Å². The zero-order valence-electron chi connectivity index (χ0n) is 13.0. The number of nitrogens with one attached hydrogen (secondary N) is 1. The molecule has 3 rings (SSSR count). The molecule has 0 aliphatic carbocycles. The number of pyridine rings is 2. The van der Waals surface area contributed by atoms with Crippen molar-refractivity contribution in [3.8, 4) is 6.07 Å². The number of hydrogen-bond acceptors (Lipinski definition) is 5. The number of nitrogens with zero attached hydrogens (tertiary/aromatic N) is 4. The highest BCUT2D eigenvalue weighted by Gasteiger charge is 2.25. The van der Waals surface area contributed by atoms with E-state index in [0.29, 0.717) is 17.3 Å². The van der Waals surface area contributed by atoms with E-state index in [1.54, 1.807) is 29.8 Å². The highest BCUT2D eigenvalue weighted by Crippen LogP contribution is 2.26. The van der Waals surface area contributed by atoms with Crippen LogP contribution in [0.15, 0.2) is 23.0 Å². The first kappa shape index (κ1) is 14.5. The fourth-order valence-corrected chi connectivity index (χ4v) is 2.95. The zero-order valence-corrected chi connectivity index (χ0v) is 13.0. The van der Waals surface area contributed by atoms with E-state index in [0.717, 1.165) is 24.3 Å². The Morgan fingerprint density at radius 3 is 2.91 bits per heavy atom. The summed E-state index contributed by atoms with van der Waals surface area (Å²) in [6, 6.07) is 7.75. The Hall–Kier alpha value is -2.39. The Bertz CT molecular complexity index is 820. The second kappa shape index (κ2) is 5.43. The molecule has 0 unspecified atom stereocenters. The average Bonchev–Trinajstić information content (AvgIpc) is 2.53. The first-order valence-corrected chi connectivity index (χ1v) is 7.42. The van der Waals surface area contributed by atoms with Gasteiger partial charge in [0.05, 0.1) is 11.2 Å². The van der Waals surface area contributed by atoms with Crippen molar-refractivity contribution in [2.45, 2.75) is 25.9 Å². The number of nitriles is 1. The summed E-state index contributed by atoms with van der Waals surface area (Å²) in [4.78, 5) is 18.9. The zero-order chi connectivity index (χ0) is 15.9. The Morgan fingerprint density at radius 1 is 1.41 bits per heavy atom. The van der Waals surface area contributed by atoms with Crippen LogP contribution in [-0.4, -0.2) is 34.7 Å². The molecule has 2 aromatic heterocycles. The third-order valence-electron chi connectivity index (χ3n) is 4.26. The van der Waals surface area contributed by atoms with E-state index in [1.165, 1.54) is 0 Å². The molecular weight excluding hydrogens is 278 g/mol. The molecular formula is C16H19N5O. The second-order valence-electron chi connectivity index (χ2n) is 5.91. The molecule has 3 heterocycles. The van der Waals surface area contributed by atoms with Crippen LogP contribution in [0.3, 0.4) is 0 Å². The molecule has 0 amide bonds. The summed E-state index contributed by atoms with van der Waals surface area (Å²) in [5, 5.41) is 12.5. The summed E-state index contributed by atoms with van der Waals surface area (Å²) in [5.74, 6) is 0. The van der Waals surface area contributed by atoms with Crippen molar-refractivity contribution in [2.24, 2.45) is 7.05 Å². The maximum absolute atomic E-state index is 12.3. The van der Waals surface area contributed by atoms with Crippen LogP contribution in [0.1, 0.15) is 19.5 Å². The Morgan fingerprint density at radius 2 is 2.18 bits per heavy atom. The summed E-state index contributed by atoms with van der Waals surface area (Å²) < 4.78 is 1.57. The first-order valence-electron chi connectivity index (χ1n) is 7.42. The largest absolute Gasteiger partial charge is 0.364 e. The number of fused-ring (bicyclic) bond motifs is 1. The van der Waals surface area contributed by atoms with E-state index in [-0.39, 0.29) is 11.6 Å². The molecule has 2 aromatic rings. The number of piperazine rings is 1. The number of aromatic nitrogens is 2. The van der Waals surface area contributed by atoms with Crippen LogP contribution >= 0.6 is 0 Å². The van der Waals surface area contributed by atoms with Gasteiger partial charge < -0.3 is 14.8 Å². The van der Waals surface area contributed by atoms with Crippen LogP contribution in [0.5, 0.6) is 0 Å². The van der Waals surface area contributed by atoms with E-state index in [9.17, 15) is 4.79 Å². The fourth-order valence-electron chi connectivity index (χ4n) is 2.95. The molecule has 6 nitrogen and oxygen atoms in total. The molecule has 114 valence electrons. The minimum absolute atomic E-state index is 0.0626. The van der Waals surface area contributed by atoms with Crippen molar-refractivity contribution < 1.29 is 0 Å². The van der Waals surface area contributed by atoms with Crippen molar-refractivity contribution in [2.75, 3.05) is 18.0 Å². The molecule has 1 aliphatic rings. The smallest absolute Gasteiger partial charge is 0.252 e. The normalized spacial score (nSPS) is 21.8. The third kappa shape index (κ3) is 2.34. The lowest BCUT2D eigenvalue weighted by molar-refractivity contribution is 0.425. The number of hydrogen-bond donors (Lipinski definition) is 1. The van der Waals surface area contributed by atoms with Crippen molar-refractivity contribution in [3.63, 3.8) is 0 Å². The molecule has 1 saturated heterocycles. The van der Waals surface area contributed by atoms with Gasteiger partial charge >= 0.3 is 0 Å². The monoisotopic (exact) mass is 297 g/mol. The van der Waals surface area contributed by atoms with Gasteiger partial charge in [0.2, 0.25) is 0 Å². The molecule has 2 atom stereocenters. The quantitative estimate of drug-likeness (QED) is 0.850. The van der Waals surface area contributed by atoms with E-state index in [1.807, 2.05) is 0 Å². The van der Waals surface area contributed by atoms with Crippen molar-refractivity contribution in [1.29, 1.82) is 5.26 Å². The summed E-state index contributed by atoms with van der Waals surface area (Å²) in [6.07, 6.45) is 0. The Labute approximate surface area is 129 Å². The molecule has 0 aromatic carbocycles. The van der Waals surface area contributed by atoms with Crippen molar-refractivity contribution in [3.05, 3.63) is 34.2 Å². The predicted molar refractivity (Wildman–Crippen MR) is 86.0 cm³/mol. The molecule has 1 aliphatic heterocycles. The third-order valence-corrected chi connectivity index (χ3v) is 4.26. The lowest BCUT2D eigenvalue weighted by Crippen LogP contribution is -2.54. The van der Waals surface area contributed by atoms with E-state index in [4.69, 9.17) is 5.26 Å². The van der Waals surface area contributed by atoms with Gasteiger partial charge in [-0.05, 0) is 26.0 Å². The lowest BCUT2D eigenvalue weighted by atomic mass is 10.1. The van der Waals surface area contributed by atoms with Gasteiger partial charge in [0.15, 0.2) is 0 Å². The summed E-state index contributed by atoms with van der Waals surface area (Å²) in [6.45, 7) is 5.91. The van der Waals surface area contributed by atoms with Gasteiger partial charge in [0.25, 0.3) is 5.56 Å². The molecule has 1 N–H and O–H groups in total. The standard InChI is InChI=1S/C16H19N5O/c1-10-9-21(11(2)8-18-10)14-6-15(22)20(3)13-5-4-12(7-17)19-16(13)14/h4-6,10-11,18H,8-9H2,1-3H3/t10-,11+/m1/s1. The number of rotatable bonds is 1. The number of anilines is 1. The van der Waals surface area contributed by atoms with Gasteiger partial charge in [-0.25, -0.2) is 4.98 Å². The summed E-state index contributed by atoms with van der Waals surface area (Å²) in [5.41, 5.74) is 2.58. The SMILES string of the molecule is C[C@@H]1CN(c2cc(=O)n(C)c3ccc(C#N)nc23)[C@@H](C)CN1. The maximum atomic E-state index is 12.3. The summed E-state index contributed by atoms with van der Waals surface area (Å²) >= 11 is 0. The van der Waals surface area contributed by atoms with Crippen LogP contribution in [0.25, 0.3) is 11.0 Å². The summed E-state index contributed by atoms with van der Waals surface area (Å²) in [7, 11) is 1.73. The van der Waals surface area contributed by atoms with Gasteiger partial charge in [0.1, 0.15) is 17.3 Å². The Kier molecular flexibility index (Phi) is 3.59. The molecule has 22 heavy (non-hydrogen) atoms. The highest BCUT2D eigenvalue weighted by molar-refractivity contribution is 5.88. The minimum Gasteiger partial charge on any atom is -0.364 e. The molecule has 0 bridgehead atoms. The number of aryl methyl sites for hydroxylation is 1. The van der Waals surface area contributed by atoms with Crippen LogP contribution in [0, 0.1) is 11.3 Å². The molecule has 0 radical (unpaired) electrons. The van der Waals surface area contributed by atoms with E-state index in [2.05, 4.69) is 35.1 Å². The molecule has 1 fully saturated rings. The average molecular weight is 297 g/mol. The van der Waals surface area contributed by atoms with Gasteiger partial charge in [-0.15, -0.1) is 0 Å². The van der Waals surface area contributed by atoms with Crippen molar-refractivity contribution in [1.82, 2.24) is 14.9 Å².